The first-order chi connectivity index (χ1) is 4.18. The Morgan fingerprint density at radius 2 is 2.33 bits per heavy atom. The molecule has 0 aliphatic carbocycles. The Kier molecular flexibility index (Phi) is 3.65. The summed E-state index contributed by atoms with van der Waals surface area (Å²) in [6.45, 7) is 8.17. The third-order valence-corrected chi connectivity index (χ3v) is 1.16. The molecule has 0 atom stereocenters. The third-order valence-electron chi connectivity index (χ3n) is 1.16. The van der Waals surface area contributed by atoms with Crippen LogP contribution in [0.1, 0.15) is 13.8 Å². The van der Waals surface area contributed by atoms with Gasteiger partial charge in [0.05, 0.1) is 6.54 Å². The first-order valence-electron chi connectivity index (χ1n) is 2.89. The Balaban J connectivity index is 3.64. The molecule has 2 nitrogen and oxygen atoms in total. The molecule has 0 heterocycles. The van der Waals surface area contributed by atoms with Crippen LogP contribution in [0.4, 0.5) is 0 Å². The van der Waals surface area contributed by atoms with Crippen molar-refractivity contribution in [3.05, 3.63) is 12.2 Å². The third kappa shape index (κ3) is 3.68. The highest BCUT2D eigenvalue weighted by Gasteiger charge is 1.96. The molecule has 0 aromatic rings. The van der Waals surface area contributed by atoms with Crippen molar-refractivity contribution < 1.29 is 4.79 Å². The van der Waals surface area contributed by atoms with Crippen molar-refractivity contribution >= 4 is 6.08 Å². The molecule has 9 heavy (non-hydrogen) atoms. The number of hydrogen-bond donors (Lipinski definition) is 0. The van der Waals surface area contributed by atoms with Gasteiger partial charge in [0, 0.05) is 0 Å². The highest BCUT2D eigenvalue weighted by atomic mass is 16.1. The van der Waals surface area contributed by atoms with Crippen molar-refractivity contribution in [2.45, 2.75) is 13.8 Å². The van der Waals surface area contributed by atoms with Gasteiger partial charge in [-0.1, -0.05) is 26.0 Å². The van der Waals surface area contributed by atoms with Crippen LogP contribution in [-0.4, -0.2) is 12.6 Å². The van der Waals surface area contributed by atoms with E-state index in [1.165, 1.54) is 6.08 Å². The molecular formula is C7H11NO. The monoisotopic (exact) mass is 125 g/mol. The summed E-state index contributed by atoms with van der Waals surface area (Å²) >= 11 is 0. The van der Waals surface area contributed by atoms with E-state index in [4.69, 9.17) is 0 Å². The Morgan fingerprint density at radius 1 is 1.78 bits per heavy atom. The van der Waals surface area contributed by atoms with Gasteiger partial charge in [-0.25, -0.2) is 9.79 Å². The Labute approximate surface area is 55.3 Å². The highest BCUT2D eigenvalue weighted by Crippen LogP contribution is 2.05. The van der Waals surface area contributed by atoms with Gasteiger partial charge in [0.1, 0.15) is 0 Å². The van der Waals surface area contributed by atoms with Crippen LogP contribution in [0.5, 0.6) is 0 Å². The molecule has 0 rings (SSSR count). The van der Waals surface area contributed by atoms with Gasteiger partial charge in [0.25, 0.3) is 0 Å². The fourth-order valence-corrected chi connectivity index (χ4v) is 0.316. The molecular weight excluding hydrogens is 114 g/mol. The molecule has 0 aliphatic heterocycles. The fraction of sp³-hybridized carbons (Fsp3) is 0.571. The van der Waals surface area contributed by atoms with Crippen LogP contribution in [0, 0.1) is 5.92 Å². The van der Waals surface area contributed by atoms with Gasteiger partial charge in [0.15, 0.2) is 0 Å². The van der Waals surface area contributed by atoms with E-state index in [2.05, 4.69) is 11.6 Å². The van der Waals surface area contributed by atoms with Crippen LogP contribution in [0.25, 0.3) is 0 Å². The quantitative estimate of drug-likeness (QED) is 0.319. The van der Waals surface area contributed by atoms with E-state index in [1.54, 1.807) is 0 Å². The van der Waals surface area contributed by atoms with Gasteiger partial charge in [-0.3, -0.25) is 0 Å². The van der Waals surface area contributed by atoms with E-state index in [0.29, 0.717) is 12.5 Å². The van der Waals surface area contributed by atoms with Crippen molar-refractivity contribution in [3.63, 3.8) is 0 Å². The lowest BCUT2D eigenvalue weighted by Crippen LogP contribution is -1.94. The molecule has 0 aliphatic rings. The number of hydrogen-bond acceptors (Lipinski definition) is 2. The van der Waals surface area contributed by atoms with Crippen LogP contribution in [0.15, 0.2) is 17.1 Å². The summed E-state index contributed by atoms with van der Waals surface area (Å²) in [6, 6.07) is 0. The molecule has 0 N–H and O–H groups in total. The highest BCUT2D eigenvalue weighted by molar-refractivity contribution is 5.33. The van der Waals surface area contributed by atoms with Crippen LogP contribution in [0.2, 0.25) is 0 Å². The lowest BCUT2D eigenvalue weighted by Gasteiger charge is -2.02. The van der Waals surface area contributed by atoms with E-state index in [-0.39, 0.29) is 0 Å². The van der Waals surface area contributed by atoms with Crippen molar-refractivity contribution in [1.29, 1.82) is 0 Å². The molecule has 0 spiro atoms. The smallest absolute Gasteiger partial charge is 0.211 e. The van der Waals surface area contributed by atoms with Crippen LogP contribution in [0.3, 0.4) is 0 Å². The molecule has 0 saturated heterocycles. The summed E-state index contributed by atoms with van der Waals surface area (Å²) in [5.74, 6) is 0.405. The van der Waals surface area contributed by atoms with Crippen molar-refractivity contribution in [2.75, 3.05) is 6.54 Å². The molecule has 0 amide bonds. The summed E-state index contributed by atoms with van der Waals surface area (Å²) in [5.41, 5.74) is 0.971. The minimum atomic E-state index is 0.405. The van der Waals surface area contributed by atoms with Crippen molar-refractivity contribution in [3.8, 4) is 0 Å². The SMILES string of the molecule is C=C(CN=C=O)C(C)C. The summed E-state index contributed by atoms with van der Waals surface area (Å²) in [5, 5.41) is 0. The molecule has 2 heteroatoms. The zero-order valence-electron chi connectivity index (χ0n) is 5.85. The number of aliphatic imine (C=N–C) groups is 1. The standard InChI is InChI=1S/C7H11NO/c1-6(2)7(3)4-8-5-9/h6H,3-4H2,1-2H3. The van der Waals surface area contributed by atoms with Gasteiger partial charge in [-0.05, 0) is 5.92 Å². The lowest BCUT2D eigenvalue weighted by molar-refractivity contribution is 0.563. The lowest BCUT2D eigenvalue weighted by atomic mass is 10.1. The second-order valence-electron chi connectivity index (χ2n) is 2.22. The largest absolute Gasteiger partial charge is 0.235 e. The molecule has 0 saturated carbocycles. The number of rotatable bonds is 3. The van der Waals surface area contributed by atoms with Gasteiger partial charge in [-0.15, -0.1) is 0 Å². The topological polar surface area (TPSA) is 29.4 Å². The maximum atomic E-state index is 9.60. The molecule has 50 valence electrons. The summed E-state index contributed by atoms with van der Waals surface area (Å²) in [6.07, 6.45) is 1.47. The van der Waals surface area contributed by atoms with E-state index in [0.717, 1.165) is 5.57 Å². The van der Waals surface area contributed by atoms with Crippen LogP contribution in [-0.2, 0) is 4.79 Å². The second kappa shape index (κ2) is 4.04. The Bertz CT molecular complexity index is 143. The van der Waals surface area contributed by atoms with E-state index < -0.39 is 0 Å². The van der Waals surface area contributed by atoms with Gasteiger partial charge < -0.3 is 0 Å². The predicted molar refractivity (Wildman–Crippen MR) is 37.0 cm³/mol. The van der Waals surface area contributed by atoms with E-state index in [9.17, 15) is 4.79 Å². The minimum Gasteiger partial charge on any atom is -0.211 e. The predicted octanol–water partition coefficient (Wildman–Crippen LogP) is 1.53. The molecule has 0 aromatic carbocycles. The van der Waals surface area contributed by atoms with Crippen molar-refractivity contribution in [2.24, 2.45) is 10.9 Å². The Hall–Kier alpha value is -0.880. The number of isocyanates is 1. The first kappa shape index (κ1) is 8.12. The van der Waals surface area contributed by atoms with Gasteiger partial charge in [-0.2, -0.15) is 0 Å². The Morgan fingerprint density at radius 3 is 2.67 bits per heavy atom. The fourth-order valence-electron chi connectivity index (χ4n) is 0.316. The average Bonchev–Trinajstić information content (AvgIpc) is 1.82. The van der Waals surface area contributed by atoms with Gasteiger partial charge >= 0.3 is 0 Å². The van der Waals surface area contributed by atoms with Crippen LogP contribution >= 0.6 is 0 Å². The van der Waals surface area contributed by atoms with Gasteiger partial charge in [0.2, 0.25) is 6.08 Å². The van der Waals surface area contributed by atoms with Crippen LogP contribution < -0.4 is 0 Å². The summed E-state index contributed by atoms with van der Waals surface area (Å²) in [7, 11) is 0. The molecule has 0 radical (unpaired) electrons. The summed E-state index contributed by atoms with van der Waals surface area (Å²) in [4.78, 5) is 13.0. The normalized spacial score (nSPS) is 8.78. The molecule has 0 unspecified atom stereocenters. The zero-order valence-corrected chi connectivity index (χ0v) is 5.85. The molecule has 0 bridgehead atoms. The van der Waals surface area contributed by atoms with E-state index >= 15 is 0 Å². The maximum absolute atomic E-state index is 9.60. The first-order valence-corrected chi connectivity index (χ1v) is 2.89. The second-order valence-corrected chi connectivity index (χ2v) is 2.22. The average molecular weight is 125 g/mol. The maximum Gasteiger partial charge on any atom is 0.235 e. The molecule has 0 aromatic heterocycles. The zero-order chi connectivity index (χ0) is 7.28. The summed E-state index contributed by atoms with van der Waals surface area (Å²) < 4.78 is 0. The number of carbonyl (C=O) groups excluding carboxylic acids is 1. The minimum absolute atomic E-state index is 0.405. The van der Waals surface area contributed by atoms with Crippen molar-refractivity contribution in [1.82, 2.24) is 0 Å². The number of nitrogens with zero attached hydrogens (tertiary/aromatic N) is 1. The molecule has 0 fully saturated rings. The van der Waals surface area contributed by atoms with E-state index in [1.807, 2.05) is 13.8 Å².